The summed E-state index contributed by atoms with van der Waals surface area (Å²) in [6.45, 7) is 0. The number of benzene rings is 1. The van der Waals surface area contributed by atoms with Crippen molar-refractivity contribution in [2.45, 2.75) is 31.6 Å². The average molecular weight is 339 g/mol. The number of Topliss-reactive ketones (excluding diaryl/α,β-unsaturated/α-hetero) is 1. The normalized spacial score (nSPS) is 16.1. The van der Waals surface area contributed by atoms with Gasteiger partial charge in [0.25, 0.3) is 11.7 Å². The molecule has 1 aromatic carbocycles. The van der Waals surface area contributed by atoms with Crippen molar-refractivity contribution in [2.75, 3.05) is 10.6 Å². The van der Waals surface area contributed by atoms with Crippen LogP contribution < -0.4 is 10.6 Å². The zero-order valence-corrected chi connectivity index (χ0v) is 13.7. The number of aromatic nitrogens is 3. The SMILES string of the molecule is Cn1c(NC(=O)C(=O)c2ccc3c(c2)CCC(=O)N3)nnc1C1CC1. The number of hydrogen-bond acceptors (Lipinski definition) is 5. The Balaban J connectivity index is 1.50. The van der Waals surface area contributed by atoms with E-state index in [0.29, 0.717) is 24.4 Å². The van der Waals surface area contributed by atoms with Crippen LogP contribution in [0, 0.1) is 0 Å². The molecule has 1 aromatic heterocycles. The summed E-state index contributed by atoms with van der Waals surface area (Å²) in [6, 6.07) is 4.85. The fourth-order valence-corrected chi connectivity index (χ4v) is 2.96. The number of rotatable bonds is 4. The standard InChI is InChI=1S/C17H17N5O3/c1-22-15(9-2-3-9)20-21-17(22)19-16(25)14(24)11-4-6-12-10(8-11)5-7-13(23)18-12/h4,6,8-9H,2-3,5,7H2,1H3,(H,18,23)(H,19,21,25). The molecule has 0 saturated heterocycles. The molecule has 1 saturated carbocycles. The van der Waals surface area contributed by atoms with Gasteiger partial charge in [-0.25, -0.2) is 0 Å². The summed E-state index contributed by atoms with van der Waals surface area (Å²) in [4.78, 5) is 36.1. The van der Waals surface area contributed by atoms with E-state index in [2.05, 4.69) is 20.8 Å². The number of carbonyl (C=O) groups is 3. The van der Waals surface area contributed by atoms with E-state index in [-0.39, 0.29) is 17.4 Å². The molecule has 25 heavy (non-hydrogen) atoms. The zero-order chi connectivity index (χ0) is 17.6. The van der Waals surface area contributed by atoms with E-state index in [4.69, 9.17) is 0 Å². The predicted molar refractivity (Wildman–Crippen MR) is 89.3 cm³/mol. The molecule has 2 heterocycles. The summed E-state index contributed by atoms with van der Waals surface area (Å²) >= 11 is 0. The minimum absolute atomic E-state index is 0.0435. The highest BCUT2D eigenvalue weighted by Crippen LogP contribution is 2.39. The molecule has 1 aliphatic carbocycles. The molecule has 4 rings (SSSR count). The van der Waals surface area contributed by atoms with Gasteiger partial charge in [-0.15, -0.1) is 10.2 Å². The monoisotopic (exact) mass is 339 g/mol. The maximum atomic E-state index is 12.4. The molecule has 128 valence electrons. The van der Waals surface area contributed by atoms with Gasteiger partial charge in [-0.05, 0) is 43.0 Å². The van der Waals surface area contributed by atoms with Gasteiger partial charge in [-0.2, -0.15) is 0 Å². The number of hydrogen-bond donors (Lipinski definition) is 2. The second kappa shape index (κ2) is 5.80. The summed E-state index contributed by atoms with van der Waals surface area (Å²) in [5.74, 6) is 0.0545. The molecule has 1 fully saturated rings. The highest BCUT2D eigenvalue weighted by molar-refractivity contribution is 6.46. The summed E-state index contributed by atoms with van der Waals surface area (Å²) in [7, 11) is 1.77. The van der Waals surface area contributed by atoms with Gasteiger partial charge in [0, 0.05) is 30.6 Å². The second-order valence-electron chi connectivity index (χ2n) is 6.42. The minimum Gasteiger partial charge on any atom is -0.326 e. The van der Waals surface area contributed by atoms with Crippen LogP contribution in [0.3, 0.4) is 0 Å². The lowest BCUT2D eigenvalue weighted by Gasteiger charge is -2.17. The van der Waals surface area contributed by atoms with Gasteiger partial charge in [-0.3, -0.25) is 24.3 Å². The van der Waals surface area contributed by atoms with Gasteiger partial charge in [0.15, 0.2) is 0 Å². The Morgan fingerprint density at radius 1 is 1.24 bits per heavy atom. The largest absolute Gasteiger partial charge is 0.326 e. The Kier molecular flexibility index (Phi) is 3.60. The first-order valence-corrected chi connectivity index (χ1v) is 8.20. The first-order chi connectivity index (χ1) is 12.0. The molecule has 0 unspecified atom stereocenters. The zero-order valence-electron chi connectivity index (χ0n) is 13.7. The lowest BCUT2D eigenvalue weighted by atomic mass is 9.98. The van der Waals surface area contributed by atoms with Gasteiger partial charge in [0.2, 0.25) is 11.9 Å². The van der Waals surface area contributed by atoms with Crippen LogP contribution >= 0.6 is 0 Å². The Bertz CT molecular complexity index is 898. The predicted octanol–water partition coefficient (Wildman–Crippen LogP) is 1.40. The Hall–Kier alpha value is -3.03. The van der Waals surface area contributed by atoms with E-state index < -0.39 is 11.7 Å². The van der Waals surface area contributed by atoms with E-state index in [0.717, 1.165) is 24.2 Å². The third kappa shape index (κ3) is 2.90. The summed E-state index contributed by atoms with van der Waals surface area (Å²) in [5, 5.41) is 13.3. The van der Waals surface area contributed by atoms with Crippen LogP contribution in [-0.2, 0) is 23.1 Å². The second-order valence-corrected chi connectivity index (χ2v) is 6.42. The summed E-state index contributed by atoms with van der Waals surface area (Å²) < 4.78 is 1.71. The number of amides is 2. The third-order valence-electron chi connectivity index (χ3n) is 4.55. The van der Waals surface area contributed by atoms with Crippen LogP contribution in [-0.4, -0.2) is 32.4 Å². The molecule has 8 nitrogen and oxygen atoms in total. The van der Waals surface area contributed by atoms with Crippen LogP contribution in [0.2, 0.25) is 0 Å². The fourth-order valence-electron chi connectivity index (χ4n) is 2.96. The Labute approximate surface area is 143 Å². The molecule has 2 amide bonds. The summed E-state index contributed by atoms with van der Waals surface area (Å²) in [6.07, 6.45) is 3.08. The van der Waals surface area contributed by atoms with Gasteiger partial charge in [0.1, 0.15) is 5.82 Å². The fraction of sp³-hybridized carbons (Fsp3) is 0.353. The maximum absolute atomic E-state index is 12.4. The Morgan fingerprint density at radius 2 is 2.04 bits per heavy atom. The van der Waals surface area contributed by atoms with Crippen LogP contribution in [0.4, 0.5) is 11.6 Å². The minimum atomic E-state index is -0.752. The smallest absolute Gasteiger partial charge is 0.299 e. The number of fused-ring (bicyclic) bond motifs is 1. The van der Waals surface area contributed by atoms with E-state index >= 15 is 0 Å². The van der Waals surface area contributed by atoms with Gasteiger partial charge >= 0.3 is 0 Å². The number of carbonyl (C=O) groups excluding carboxylic acids is 3. The number of anilines is 2. The highest BCUT2D eigenvalue weighted by atomic mass is 16.2. The van der Waals surface area contributed by atoms with E-state index in [9.17, 15) is 14.4 Å². The number of nitrogens with zero attached hydrogens (tertiary/aromatic N) is 3. The van der Waals surface area contributed by atoms with Crippen molar-refractivity contribution in [3.63, 3.8) is 0 Å². The third-order valence-corrected chi connectivity index (χ3v) is 4.55. The summed E-state index contributed by atoms with van der Waals surface area (Å²) in [5.41, 5.74) is 1.83. The van der Waals surface area contributed by atoms with E-state index in [1.807, 2.05) is 0 Å². The average Bonchev–Trinajstić information content (AvgIpc) is 3.39. The van der Waals surface area contributed by atoms with Crippen LogP contribution in [0.15, 0.2) is 18.2 Å². The molecule has 2 aliphatic rings. The lowest BCUT2D eigenvalue weighted by Crippen LogP contribution is -2.25. The van der Waals surface area contributed by atoms with Gasteiger partial charge in [0.05, 0.1) is 0 Å². The molecular formula is C17H17N5O3. The molecule has 1 aliphatic heterocycles. The Morgan fingerprint density at radius 3 is 2.80 bits per heavy atom. The first-order valence-electron chi connectivity index (χ1n) is 8.20. The topological polar surface area (TPSA) is 106 Å². The molecule has 0 atom stereocenters. The van der Waals surface area contributed by atoms with Crippen molar-refractivity contribution < 1.29 is 14.4 Å². The molecule has 2 N–H and O–H groups in total. The molecule has 2 aromatic rings. The van der Waals surface area contributed by atoms with Crippen molar-refractivity contribution in [1.82, 2.24) is 14.8 Å². The number of ketones is 1. The lowest BCUT2D eigenvalue weighted by molar-refractivity contribution is -0.116. The van der Waals surface area contributed by atoms with Crippen molar-refractivity contribution in [3.05, 3.63) is 35.2 Å². The van der Waals surface area contributed by atoms with Crippen molar-refractivity contribution >= 4 is 29.2 Å². The highest BCUT2D eigenvalue weighted by Gasteiger charge is 2.30. The molecule has 0 bridgehead atoms. The molecule has 8 heteroatoms. The van der Waals surface area contributed by atoms with Gasteiger partial charge in [-0.1, -0.05) is 0 Å². The quantitative estimate of drug-likeness (QED) is 0.647. The van der Waals surface area contributed by atoms with Crippen molar-refractivity contribution in [1.29, 1.82) is 0 Å². The van der Waals surface area contributed by atoms with Crippen LogP contribution in [0.1, 0.15) is 46.9 Å². The number of nitrogens with one attached hydrogen (secondary N) is 2. The van der Waals surface area contributed by atoms with Crippen molar-refractivity contribution in [2.24, 2.45) is 7.05 Å². The van der Waals surface area contributed by atoms with Crippen LogP contribution in [0.5, 0.6) is 0 Å². The van der Waals surface area contributed by atoms with Gasteiger partial charge < -0.3 is 5.32 Å². The van der Waals surface area contributed by atoms with E-state index in [1.54, 1.807) is 29.8 Å². The first kappa shape index (κ1) is 15.5. The molecule has 0 radical (unpaired) electrons. The number of aryl methyl sites for hydroxylation is 1. The molecule has 0 spiro atoms. The molecular weight excluding hydrogens is 322 g/mol. The van der Waals surface area contributed by atoms with Crippen molar-refractivity contribution in [3.8, 4) is 0 Å². The maximum Gasteiger partial charge on any atom is 0.299 e. The van der Waals surface area contributed by atoms with Crippen LogP contribution in [0.25, 0.3) is 0 Å². The van der Waals surface area contributed by atoms with E-state index in [1.165, 1.54) is 0 Å².